The van der Waals surface area contributed by atoms with Gasteiger partial charge in [-0.2, -0.15) is 0 Å². The van der Waals surface area contributed by atoms with Crippen molar-refractivity contribution in [3.05, 3.63) is 29.8 Å². The van der Waals surface area contributed by atoms with Crippen LogP contribution in [-0.2, 0) is 4.79 Å². The third-order valence-corrected chi connectivity index (χ3v) is 2.30. The summed E-state index contributed by atoms with van der Waals surface area (Å²) in [5.41, 5.74) is 3.65. The summed E-state index contributed by atoms with van der Waals surface area (Å²) in [5, 5.41) is 5.04. The molecule has 1 aromatic rings. The fraction of sp³-hybridized carbons (Fsp3) is 0.273. The lowest BCUT2D eigenvalue weighted by atomic mass is 10.2. The minimum absolute atomic E-state index is 0. The molecule has 1 atom stereocenters. The molecular formula is C11H17ClN4O2. The van der Waals surface area contributed by atoms with Crippen LogP contribution in [0.25, 0.3) is 0 Å². The summed E-state index contributed by atoms with van der Waals surface area (Å²) in [5.74, 6) is 4.67. The van der Waals surface area contributed by atoms with Crippen molar-refractivity contribution >= 4 is 29.9 Å². The zero-order chi connectivity index (χ0) is 12.8. The van der Waals surface area contributed by atoms with Crippen LogP contribution in [0.2, 0.25) is 0 Å². The molecule has 0 aliphatic rings. The van der Waals surface area contributed by atoms with E-state index in [0.29, 0.717) is 11.3 Å². The van der Waals surface area contributed by atoms with Crippen LogP contribution in [0.5, 0.6) is 0 Å². The van der Waals surface area contributed by atoms with Crippen molar-refractivity contribution in [2.24, 2.45) is 5.84 Å². The van der Waals surface area contributed by atoms with E-state index in [1.54, 1.807) is 31.2 Å². The standard InChI is InChI=1S/C11H16N4O2.ClH/c1-7(10(16)13-2)14-11(17)8-3-5-9(15-12)6-4-8;/h3-7,15H,12H2,1-2H3,(H,13,16)(H,14,17);1H/t7-;/m0./s1. The van der Waals surface area contributed by atoms with Crippen molar-refractivity contribution in [3.8, 4) is 0 Å². The second-order valence-corrected chi connectivity index (χ2v) is 3.53. The van der Waals surface area contributed by atoms with E-state index in [0.717, 1.165) is 0 Å². The van der Waals surface area contributed by atoms with Crippen LogP contribution in [-0.4, -0.2) is 24.9 Å². The molecule has 0 aliphatic carbocycles. The van der Waals surface area contributed by atoms with Gasteiger partial charge in [0.2, 0.25) is 5.91 Å². The molecule has 0 fully saturated rings. The first kappa shape index (κ1) is 16.2. The largest absolute Gasteiger partial charge is 0.357 e. The molecule has 0 spiro atoms. The number of hydrogen-bond donors (Lipinski definition) is 4. The number of nitrogens with one attached hydrogen (secondary N) is 3. The Morgan fingerprint density at radius 1 is 1.22 bits per heavy atom. The molecule has 0 aromatic heterocycles. The Morgan fingerprint density at radius 2 is 1.78 bits per heavy atom. The number of halogens is 1. The third kappa shape index (κ3) is 4.23. The average molecular weight is 273 g/mol. The Labute approximate surface area is 112 Å². The van der Waals surface area contributed by atoms with Crippen molar-refractivity contribution in [2.75, 3.05) is 12.5 Å². The second-order valence-electron chi connectivity index (χ2n) is 3.53. The van der Waals surface area contributed by atoms with Gasteiger partial charge in [0.05, 0.1) is 0 Å². The summed E-state index contributed by atoms with van der Waals surface area (Å²) in [6, 6.07) is 6.04. The Balaban J connectivity index is 0.00000289. The van der Waals surface area contributed by atoms with Crippen molar-refractivity contribution in [1.29, 1.82) is 0 Å². The molecule has 1 aromatic carbocycles. The maximum atomic E-state index is 11.7. The molecule has 18 heavy (non-hydrogen) atoms. The fourth-order valence-electron chi connectivity index (χ4n) is 1.28. The van der Waals surface area contributed by atoms with Gasteiger partial charge in [0, 0.05) is 18.3 Å². The maximum absolute atomic E-state index is 11.7. The van der Waals surface area contributed by atoms with E-state index in [4.69, 9.17) is 5.84 Å². The van der Waals surface area contributed by atoms with Gasteiger partial charge in [0.1, 0.15) is 6.04 Å². The van der Waals surface area contributed by atoms with Gasteiger partial charge in [0.25, 0.3) is 5.91 Å². The van der Waals surface area contributed by atoms with Crippen LogP contribution in [0.3, 0.4) is 0 Å². The number of anilines is 1. The zero-order valence-electron chi connectivity index (χ0n) is 10.2. The number of hydrazine groups is 1. The molecule has 5 N–H and O–H groups in total. The zero-order valence-corrected chi connectivity index (χ0v) is 11.0. The van der Waals surface area contributed by atoms with Crippen LogP contribution in [0.15, 0.2) is 24.3 Å². The van der Waals surface area contributed by atoms with E-state index in [9.17, 15) is 9.59 Å². The first-order chi connectivity index (χ1) is 8.08. The quantitative estimate of drug-likeness (QED) is 0.467. The summed E-state index contributed by atoms with van der Waals surface area (Å²) in [6.45, 7) is 1.62. The minimum Gasteiger partial charge on any atom is -0.357 e. The van der Waals surface area contributed by atoms with Gasteiger partial charge in [-0.15, -0.1) is 12.4 Å². The van der Waals surface area contributed by atoms with Gasteiger partial charge in [-0.1, -0.05) is 0 Å². The Hall–Kier alpha value is -1.79. The van der Waals surface area contributed by atoms with E-state index in [1.165, 1.54) is 7.05 Å². The Morgan fingerprint density at radius 3 is 2.22 bits per heavy atom. The first-order valence-electron chi connectivity index (χ1n) is 5.17. The predicted octanol–water partition coefficient (Wildman–Crippen LogP) is 0.258. The van der Waals surface area contributed by atoms with Crippen molar-refractivity contribution in [2.45, 2.75) is 13.0 Å². The monoisotopic (exact) mass is 272 g/mol. The van der Waals surface area contributed by atoms with E-state index in [1.807, 2.05) is 0 Å². The number of carbonyl (C=O) groups excluding carboxylic acids is 2. The molecule has 0 saturated carbocycles. The van der Waals surface area contributed by atoms with Gasteiger partial charge in [-0.3, -0.25) is 15.4 Å². The van der Waals surface area contributed by atoms with E-state index in [-0.39, 0.29) is 24.2 Å². The molecular weight excluding hydrogens is 256 g/mol. The van der Waals surface area contributed by atoms with Gasteiger partial charge in [-0.05, 0) is 31.2 Å². The minimum atomic E-state index is -0.570. The molecule has 0 aliphatic heterocycles. The molecule has 0 heterocycles. The number of hydrogen-bond acceptors (Lipinski definition) is 4. The fourth-order valence-corrected chi connectivity index (χ4v) is 1.28. The number of carbonyl (C=O) groups is 2. The summed E-state index contributed by atoms with van der Waals surface area (Å²) < 4.78 is 0. The number of benzene rings is 1. The molecule has 2 amide bonds. The third-order valence-electron chi connectivity index (χ3n) is 2.30. The summed E-state index contributed by atoms with van der Waals surface area (Å²) >= 11 is 0. The second kappa shape index (κ2) is 7.52. The van der Waals surface area contributed by atoms with Gasteiger partial charge >= 0.3 is 0 Å². The number of nitrogen functional groups attached to an aromatic ring is 1. The highest BCUT2D eigenvalue weighted by Gasteiger charge is 2.14. The molecule has 7 heteroatoms. The van der Waals surface area contributed by atoms with Crippen LogP contribution in [0.1, 0.15) is 17.3 Å². The molecule has 0 radical (unpaired) electrons. The molecule has 0 bridgehead atoms. The van der Waals surface area contributed by atoms with Crippen LogP contribution in [0, 0.1) is 0 Å². The van der Waals surface area contributed by atoms with Gasteiger partial charge in [0.15, 0.2) is 0 Å². The smallest absolute Gasteiger partial charge is 0.251 e. The van der Waals surface area contributed by atoms with E-state index < -0.39 is 6.04 Å². The SMILES string of the molecule is CNC(=O)[C@H](C)NC(=O)c1ccc(NN)cc1.Cl. The first-order valence-corrected chi connectivity index (χ1v) is 5.17. The lowest BCUT2D eigenvalue weighted by molar-refractivity contribution is -0.122. The summed E-state index contributed by atoms with van der Waals surface area (Å²) in [4.78, 5) is 23.0. The van der Waals surface area contributed by atoms with Crippen LogP contribution >= 0.6 is 12.4 Å². The Bertz CT molecular complexity index is 408. The number of rotatable bonds is 4. The van der Waals surface area contributed by atoms with Crippen molar-refractivity contribution < 1.29 is 9.59 Å². The average Bonchev–Trinajstić information content (AvgIpc) is 2.37. The molecule has 6 nitrogen and oxygen atoms in total. The normalized spacial score (nSPS) is 10.8. The predicted molar refractivity (Wildman–Crippen MR) is 72.5 cm³/mol. The summed E-state index contributed by atoms with van der Waals surface area (Å²) in [7, 11) is 1.52. The van der Waals surface area contributed by atoms with Gasteiger partial charge in [-0.25, -0.2) is 0 Å². The topological polar surface area (TPSA) is 96.2 Å². The number of likely N-dealkylation sites (N-methyl/N-ethyl adjacent to an activating group) is 1. The van der Waals surface area contributed by atoms with Crippen LogP contribution < -0.4 is 21.9 Å². The van der Waals surface area contributed by atoms with E-state index >= 15 is 0 Å². The lowest BCUT2D eigenvalue weighted by Crippen LogP contribution is -2.43. The van der Waals surface area contributed by atoms with Crippen molar-refractivity contribution in [1.82, 2.24) is 10.6 Å². The molecule has 0 unspecified atom stereocenters. The van der Waals surface area contributed by atoms with E-state index in [2.05, 4.69) is 16.1 Å². The number of amides is 2. The highest BCUT2D eigenvalue weighted by Crippen LogP contribution is 2.07. The molecule has 0 saturated heterocycles. The van der Waals surface area contributed by atoms with Crippen molar-refractivity contribution in [3.63, 3.8) is 0 Å². The highest BCUT2D eigenvalue weighted by atomic mass is 35.5. The maximum Gasteiger partial charge on any atom is 0.251 e. The van der Waals surface area contributed by atoms with Crippen LogP contribution in [0.4, 0.5) is 5.69 Å². The number of nitrogens with two attached hydrogens (primary N) is 1. The lowest BCUT2D eigenvalue weighted by Gasteiger charge is -2.12. The van der Waals surface area contributed by atoms with Gasteiger partial charge < -0.3 is 16.1 Å². The highest BCUT2D eigenvalue weighted by molar-refractivity contribution is 5.97. The Kier molecular flexibility index (Phi) is 6.77. The molecule has 100 valence electrons. The summed E-state index contributed by atoms with van der Waals surface area (Å²) in [6.07, 6.45) is 0. The molecule has 1 rings (SSSR count).